The van der Waals surface area contributed by atoms with Gasteiger partial charge in [-0.05, 0) is 31.2 Å². The number of carbonyl (C=O) groups excluding carboxylic acids is 1. The van der Waals surface area contributed by atoms with E-state index in [9.17, 15) is 4.79 Å². The Hall–Kier alpha value is -0.780. The minimum Gasteiger partial charge on any atom is -0.426 e. The summed E-state index contributed by atoms with van der Waals surface area (Å²) in [6.07, 6.45) is 0. The van der Waals surface area contributed by atoms with Crippen molar-refractivity contribution in [3.63, 3.8) is 0 Å². The lowest BCUT2D eigenvalue weighted by atomic mass is 10.3. The van der Waals surface area contributed by atoms with Crippen molar-refractivity contribution in [2.75, 3.05) is 5.73 Å². The number of carbonyl (C=O) groups is 1. The van der Waals surface area contributed by atoms with E-state index in [1.807, 2.05) is 22.6 Å². The van der Waals surface area contributed by atoms with Crippen molar-refractivity contribution in [3.05, 3.63) is 24.3 Å². The number of halogens is 1. The van der Waals surface area contributed by atoms with Gasteiger partial charge in [-0.3, -0.25) is 4.79 Å². The molecule has 13 heavy (non-hydrogen) atoms. The highest BCUT2D eigenvalue weighted by molar-refractivity contribution is 14.1. The van der Waals surface area contributed by atoms with Crippen LogP contribution in [0.5, 0.6) is 5.75 Å². The van der Waals surface area contributed by atoms with E-state index >= 15 is 0 Å². The van der Waals surface area contributed by atoms with Crippen LogP contribution in [0.2, 0.25) is 0 Å². The first kappa shape index (κ1) is 10.3. The van der Waals surface area contributed by atoms with Crippen LogP contribution in [0.25, 0.3) is 0 Å². The molecule has 0 saturated carbocycles. The van der Waals surface area contributed by atoms with Gasteiger partial charge in [-0.2, -0.15) is 0 Å². The molecule has 2 N–H and O–H groups in total. The number of nitrogen functional groups attached to an aromatic ring is 1. The second kappa shape index (κ2) is 4.45. The zero-order valence-corrected chi connectivity index (χ0v) is 9.32. The lowest BCUT2D eigenvalue weighted by Crippen LogP contribution is -2.16. The highest BCUT2D eigenvalue weighted by atomic mass is 127. The maximum absolute atomic E-state index is 11.1. The first-order valence-electron chi connectivity index (χ1n) is 3.81. The van der Waals surface area contributed by atoms with E-state index in [4.69, 9.17) is 10.5 Å². The van der Waals surface area contributed by atoms with Crippen molar-refractivity contribution in [2.24, 2.45) is 0 Å². The number of nitrogens with two attached hydrogens (primary N) is 1. The largest absolute Gasteiger partial charge is 0.426 e. The third-order valence-corrected chi connectivity index (χ3v) is 1.93. The second-order valence-electron chi connectivity index (χ2n) is 2.61. The minimum atomic E-state index is -0.245. The van der Waals surface area contributed by atoms with Gasteiger partial charge in [0.15, 0.2) is 0 Å². The predicted octanol–water partition coefficient (Wildman–Crippen LogP) is 2.00. The van der Waals surface area contributed by atoms with Gasteiger partial charge in [-0.1, -0.05) is 22.6 Å². The van der Waals surface area contributed by atoms with Crippen molar-refractivity contribution in [3.8, 4) is 5.75 Å². The Morgan fingerprint density at radius 2 is 2.00 bits per heavy atom. The van der Waals surface area contributed by atoms with Crippen LogP contribution in [0.1, 0.15) is 6.92 Å². The number of anilines is 1. The molecular weight excluding hydrogens is 281 g/mol. The Balaban J connectivity index is 2.65. The van der Waals surface area contributed by atoms with E-state index < -0.39 is 0 Å². The summed E-state index contributed by atoms with van der Waals surface area (Å²) in [6.45, 7) is 1.78. The van der Waals surface area contributed by atoms with Crippen LogP contribution in [0, 0.1) is 0 Å². The molecule has 70 valence electrons. The van der Waals surface area contributed by atoms with E-state index in [2.05, 4.69) is 0 Å². The van der Waals surface area contributed by atoms with Gasteiger partial charge in [-0.25, -0.2) is 0 Å². The fourth-order valence-corrected chi connectivity index (χ4v) is 0.860. The molecule has 0 aliphatic carbocycles. The number of hydrogen-bond donors (Lipinski definition) is 1. The summed E-state index contributed by atoms with van der Waals surface area (Å²) >= 11 is 2.00. The van der Waals surface area contributed by atoms with Gasteiger partial charge < -0.3 is 10.5 Å². The third kappa shape index (κ3) is 3.22. The quantitative estimate of drug-likeness (QED) is 0.298. The Morgan fingerprint density at radius 1 is 1.46 bits per heavy atom. The molecule has 0 bridgehead atoms. The molecule has 0 aliphatic rings. The molecule has 4 heteroatoms. The van der Waals surface area contributed by atoms with E-state index in [-0.39, 0.29) is 9.89 Å². The number of alkyl halides is 1. The van der Waals surface area contributed by atoms with E-state index in [1.165, 1.54) is 0 Å². The Kier molecular flexibility index (Phi) is 3.53. The molecule has 1 aromatic carbocycles. The summed E-state index contributed by atoms with van der Waals surface area (Å²) in [7, 11) is 0. The third-order valence-electron chi connectivity index (χ3n) is 1.42. The topological polar surface area (TPSA) is 52.3 Å². The highest BCUT2D eigenvalue weighted by Crippen LogP contribution is 2.14. The zero-order valence-electron chi connectivity index (χ0n) is 7.16. The minimum absolute atomic E-state index is 0.143. The first-order valence-corrected chi connectivity index (χ1v) is 5.05. The van der Waals surface area contributed by atoms with E-state index in [1.54, 1.807) is 31.2 Å². The molecule has 0 aromatic heterocycles. The summed E-state index contributed by atoms with van der Waals surface area (Å²) in [5.74, 6) is 0.285. The normalized spacial score (nSPS) is 12.2. The van der Waals surface area contributed by atoms with Gasteiger partial charge in [0.25, 0.3) is 0 Å². The van der Waals surface area contributed by atoms with Crippen molar-refractivity contribution >= 4 is 34.2 Å². The van der Waals surface area contributed by atoms with Crippen LogP contribution in [-0.2, 0) is 4.79 Å². The zero-order chi connectivity index (χ0) is 9.84. The fourth-order valence-electron chi connectivity index (χ4n) is 0.733. The van der Waals surface area contributed by atoms with Crippen LogP contribution >= 0.6 is 22.6 Å². The van der Waals surface area contributed by atoms with Gasteiger partial charge in [0.1, 0.15) is 9.67 Å². The van der Waals surface area contributed by atoms with Crippen LogP contribution in [0.4, 0.5) is 5.69 Å². The van der Waals surface area contributed by atoms with Crippen LogP contribution in [0.15, 0.2) is 24.3 Å². The highest BCUT2D eigenvalue weighted by Gasteiger charge is 2.10. The number of hydrogen-bond acceptors (Lipinski definition) is 3. The van der Waals surface area contributed by atoms with Gasteiger partial charge >= 0.3 is 5.97 Å². The maximum Gasteiger partial charge on any atom is 0.323 e. The number of rotatable bonds is 2. The number of ether oxygens (including phenoxy) is 1. The average molecular weight is 291 g/mol. The Bertz CT molecular complexity index is 295. The maximum atomic E-state index is 11.1. The standard InChI is InChI=1S/C9H10INO2/c1-6(10)9(12)13-8-4-2-7(11)3-5-8/h2-6H,11H2,1H3. The van der Waals surface area contributed by atoms with Gasteiger partial charge in [-0.15, -0.1) is 0 Å². The first-order chi connectivity index (χ1) is 6.09. The molecule has 0 spiro atoms. The molecule has 0 amide bonds. The summed E-state index contributed by atoms with van der Waals surface area (Å²) in [5, 5.41) is 0. The van der Waals surface area contributed by atoms with Crippen molar-refractivity contribution < 1.29 is 9.53 Å². The molecule has 3 nitrogen and oxygen atoms in total. The average Bonchev–Trinajstić information content (AvgIpc) is 2.08. The molecule has 0 radical (unpaired) electrons. The van der Waals surface area contributed by atoms with E-state index in [0.29, 0.717) is 11.4 Å². The van der Waals surface area contributed by atoms with Crippen LogP contribution < -0.4 is 10.5 Å². The van der Waals surface area contributed by atoms with E-state index in [0.717, 1.165) is 0 Å². The smallest absolute Gasteiger partial charge is 0.323 e. The summed E-state index contributed by atoms with van der Waals surface area (Å²) in [6, 6.07) is 6.74. The Morgan fingerprint density at radius 3 is 2.46 bits per heavy atom. The molecule has 1 rings (SSSR count). The van der Waals surface area contributed by atoms with Crippen LogP contribution in [-0.4, -0.2) is 9.89 Å². The molecule has 1 aromatic rings. The molecule has 0 fully saturated rings. The van der Waals surface area contributed by atoms with Crippen LogP contribution in [0.3, 0.4) is 0 Å². The molecule has 0 aliphatic heterocycles. The molecule has 0 heterocycles. The summed E-state index contributed by atoms with van der Waals surface area (Å²) in [4.78, 5) is 11.1. The molecule has 1 atom stereocenters. The van der Waals surface area contributed by atoms with Crippen molar-refractivity contribution in [2.45, 2.75) is 10.8 Å². The monoisotopic (exact) mass is 291 g/mol. The fraction of sp³-hybridized carbons (Fsp3) is 0.222. The lowest BCUT2D eigenvalue weighted by molar-refractivity contribution is -0.133. The number of benzene rings is 1. The van der Waals surface area contributed by atoms with Crippen molar-refractivity contribution in [1.29, 1.82) is 0 Å². The lowest BCUT2D eigenvalue weighted by Gasteiger charge is -2.05. The van der Waals surface area contributed by atoms with Crippen molar-refractivity contribution in [1.82, 2.24) is 0 Å². The SMILES string of the molecule is CC(I)C(=O)Oc1ccc(N)cc1. The Labute approximate surface area is 90.4 Å². The summed E-state index contributed by atoms with van der Waals surface area (Å²) < 4.78 is 4.89. The molecule has 0 saturated heterocycles. The number of esters is 1. The van der Waals surface area contributed by atoms with Gasteiger partial charge in [0, 0.05) is 5.69 Å². The van der Waals surface area contributed by atoms with Gasteiger partial charge in [0.2, 0.25) is 0 Å². The predicted molar refractivity (Wildman–Crippen MR) is 60.0 cm³/mol. The second-order valence-corrected chi connectivity index (χ2v) is 4.47. The van der Waals surface area contributed by atoms with Gasteiger partial charge in [0.05, 0.1) is 0 Å². The summed E-state index contributed by atoms with van der Waals surface area (Å²) in [5.41, 5.74) is 6.13. The molecular formula is C9H10INO2. The molecule has 1 unspecified atom stereocenters.